The molecule has 2 N–H and O–H groups in total. The number of hydrogen-bond donors (Lipinski definition) is 2. The Bertz CT molecular complexity index is 396. The predicted molar refractivity (Wildman–Crippen MR) is 65.7 cm³/mol. The number of halogens is 1. The van der Waals surface area contributed by atoms with Crippen LogP contribution in [0.5, 0.6) is 0 Å². The lowest BCUT2D eigenvalue weighted by atomic mass is 10.1. The number of hydrogen-bond acceptors (Lipinski definition) is 4. The van der Waals surface area contributed by atoms with E-state index in [0.29, 0.717) is 28.7 Å². The van der Waals surface area contributed by atoms with E-state index in [-0.39, 0.29) is 12.3 Å². The number of aliphatic hydroxyl groups is 1. The Morgan fingerprint density at radius 3 is 2.81 bits per heavy atom. The predicted octanol–water partition coefficient (Wildman–Crippen LogP) is 2.46. The number of nitro benzene ring substituents is 1. The monoisotopic (exact) mass is 288 g/mol. The highest BCUT2D eigenvalue weighted by Gasteiger charge is 2.18. The molecular weight excluding hydrogens is 276 g/mol. The summed E-state index contributed by atoms with van der Waals surface area (Å²) in [4.78, 5) is 10.5. The second-order valence-corrected chi connectivity index (χ2v) is 4.18. The van der Waals surface area contributed by atoms with Gasteiger partial charge in [-0.25, -0.2) is 0 Å². The largest absolute Gasteiger partial charge is 0.396 e. The molecular formula is C10H13BrN2O3. The fourth-order valence-corrected chi connectivity index (χ4v) is 1.68. The zero-order chi connectivity index (χ0) is 12.1. The fraction of sp³-hybridized carbons (Fsp3) is 0.400. The van der Waals surface area contributed by atoms with Crippen molar-refractivity contribution in [2.24, 2.45) is 0 Å². The van der Waals surface area contributed by atoms with Crippen molar-refractivity contribution in [3.05, 3.63) is 32.3 Å². The summed E-state index contributed by atoms with van der Waals surface area (Å²) in [5.74, 6) is 0. The van der Waals surface area contributed by atoms with Crippen LogP contribution in [0.15, 0.2) is 16.6 Å². The number of nitrogens with zero attached hydrogens (tertiary/aromatic N) is 1. The van der Waals surface area contributed by atoms with Crippen LogP contribution in [0.3, 0.4) is 0 Å². The molecule has 0 aromatic heterocycles. The van der Waals surface area contributed by atoms with Crippen molar-refractivity contribution in [2.45, 2.75) is 13.3 Å². The quantitative estimate of drug-likeness (QED) is 0.496. The Kier molecular flexibility index (Phi) is 4.70. The third kappa shape index (κ3) is 2.93. The molecule has 0 saturated heterocycles. The van der Waals surface area contributed by atoms with Gasteiger partial charge in [-0.1, -0.05) is 15.9 Å². The molecule has 0 fully saturated rings. The van der Waals surface area contributed by atoms with Crippen molar-refractivity contribution in [3.63, 3.8) is 0 Å². The molecule has 0 amide bonds. The van der Waals surface area contributed by atoms with Crippen LogP contribution in [0.2, 0.25) is 0 Å². The van der Waals surface area contributed by atoms with Crippen molar-refractivity contribution in [1.82, 2.24) is 0 Å². The zero-order valence-corrected chi connectivity index (χ0v) is 10.5. The minimum Gasteiger partial charge on any atom is -0.396 e. The van der Waals surface area contributed by atoms with Crippen LogP contribution in [-0.2, 0) is 0 Å². The third-order valence-corrected chi connectivity index (χ3v) is 3.06. The molecule has 0 atom stereocenters. The number of nitrogens with one attached hydrogen (secondary N) is 1. The smallest absolute Gasteiger partial charge is 0.296 e. The Hall–Kier alpha value is -1.14. The van der Waals surface area contributed by atoms with Crippen LogP contribution < -0.4 is 5.32 Å². The summed E-state index contributed by atoms with van der Waals surface area (Å²) in [5, 5.41) is 22.5. The number of rotatable bonds is 5. The van der Waals surface area contributed by atoms with Crippen LogP contribution in [0.1, 0.15) is 12.0 Å². The van der Waals surface area contributed by atoms with Gasteiger partial charge in [0.15, 0.2) is 0 Å². The molecule has 0 radical (unpaired) electrons. The molecule has 5 nitrogen and oxygen atoms in total. The topological polar surface area (TPSA) is 75.4 Å². The minimum atomic E-state index is -0.401. The molecule has 1 rings (SSSR count). The van der Waals surface area contributed by atoms with E-state index in [1.807, 2.05) is 0 Å². The highest BCUT2D eigenvalue weighted by Crippen LogP contribution is 2.33. The van der Waals surface area contributed by atoms with E-state index in [0.717, 1.165) is 0 Å². The Balaban J connectivity index is 2.99. The van der Waals surface area contributed by atoms with E-state index >= 15 is 0 Å². The first kappa shape index (κ1) is 12.9. The lowest BCUT2D eigenvalue weighted by Gasteiger charge is -2.08. The average molecular weight is 289 g/mol. The van der Waals surface area contributed by atoms with Crippen LogP contribution in [0, 0.1) is 17.0 Å². The molecule has 1 aromatic carbocycles. The average Bonchev–Trinajstić information content (AvgIpc) is 2.23. The molecule has 0 spiro atoms. The number of anilines is 1. The Morgan fingerprint density at radius 1 is 1.56 bits per heavy atom. The van der Waals surface area contributed by atoms with Crippen molar-refractivity contribution in [3.8, 4) is 0 Å². The van der Waals surface area contributed by atoms with Gasteiger partial charge in [0.25, 0.3) is 5.69 Å². The molecule has 0 saturated carbocycles. The second-order valence-electron chi connectivity index (χ2n) is 3.33. The first-order chi connectivity index (χ1) is 7.57. The molecule has 6 heteroatoms. The maximum atomic E-state index is 10.9. The summed E-state index contributed by atoms with van der Waals surface area (Å²) in [6.07, 6.45) is 0.562. The summed E-state index contributed by atoms with van der Waals surface area (Å²) < 4.78 is 0.715. The van der Waals surface area contributed by atoms with Gasteiger partial charge in [-0.15, -0.1) is 0 Å². The SMILES string of the molecule is Cc1c(Br)ccc(NCCCO)c1[N+](=O)[O-]. The second kappa shape index (κ2) is 5.81. The summed E-state index contributed by atoms with van der Waals surface area (Å²) in [5.41, 5.74) is 1.16. The molecule has 1 aromatic rings. The van der Waals surface area contributed by atoms with E-state index in [4.69, 9.17) is 5.11 Å². The fourth-order valence-electron chi connectivity index (χ4n) is 1.36. The Labute approximate surface area is 102 Å². The van der Waals surface area contributed by atoms with Gasteiger partial charge in [0.2, 0.25) is 0 Å². The van der Waals surface area contributed by atoms with Gasteiger partial charge in [-0.3, -0.25) is 10.1 Å². The van der Waals surface area contributed by atoms with Crippen LogP contribution >= 0.6 is 15.9 Å². The maximum Gasteiger partial charge on any atom is 0.296 e. The van der Waals surface area contributed by atoms with Crippen LogP contribution in [0.4, 0.5) is 11.4 Å². The van der Waals surface area contributed by atoms with Gasteiger partial charge < -0.3 is 10.4 Å². The van der Waals surface area contributed by atoms with Gasteiger partial charge in [0, 0.05) is 23.2 Å². The maximum absolute atomic E-state index is 10.9. The first-order valence-electron chi connectivity index (χ1n) is 4.86. The van der Waals surface area contributed by atoms with Crippen molar-refractivity contribution < 1.29 is 10.0 Å². The summed E-state index contributed by atoms with van der Waals surface area (Å²) in [6.45, 7) is 2.27. The van der Waals surface area contributed by atoms with Crippen molar-refractivity contribution in [1.29, 1.82) is 0 Å². The highest BCUT2D eigenvalue weighted by atomic mass is 79.9. The van der Waals surface area contributed by atoms with E-state index in [9.17, 15) is 10.1 Å². The van der Waals surface area contributed by atoms with Crippen LogP contribution in [-0.4, -0.2) is 23.2 Å². The number of benzene rings is 1. The minimum absolute atomic E-state index is 0.0658. The lowest BCUT2D eigenvalue weighted by molar-refractivity contribution is -0.384. The molecule has 0 aliphatic heterocycles. The first-order valence-corrected chi connectivity index (χ1v) is 5.65. The molecule has 0 heterocycles. The van der Waals surface area contributed by atoms with Gasteiger partial charge in [0.1, 0.15) is 5.69 Å². The Morgan fingerprint density at radius 2 is 2.25 bits per heavy atom. The summed E-state index contributed by atoms with van der Waals surface area (Å²) in [7, 11) is 0. The highest BCUT2D eigenvalue weighted by molar-refractivity contribution is 9.10. The van der Waals surface area contributed by atoms with Gasteiger partial charge in [-0.2, -0.15) is 0 Å². The molecule has 0 aliphatic rings. The van der Waals surface area contributed by atoms with Crippen molar-refractivity contribution >= 4 is 27.3 Å². The number of nitro groups is 1. The van der Waals surface area contributed by atoms with E-state index in [2.05, 4.69) is 21.2 Å². The third-order valence-electron chi connectivity index (χ3n) is 2.20. The molecule has 0 bridgehead atoms. The molecule has 88 valence electrons. The normalized spacial score (nSPS) is 10.2. The number of aliphatic hydroxyl groups excluding tert-OH is 1. The van der Waals surface area contributed by atoms with E-state index in [1.165, 1.54) is 0 Å². The molecule has 0 unspecified atom stereocenters. The summed E-state index contributed by atoms with van der Waals surface area (Å²) in [6, 6.07) is 3.43. The van der Waals surface area contributed by atoms with E-state index in [1.54, 1.807) is 19.1 Å². The van der Waals surface area contributed by atoms with Crippen molar-refractivity contribution in [2.75, 3.05) is 18.5 Å². The summed E-state index contributed by atoms with van der Waals surface area (Å²) >= 11 is 3.26. The van der Waals surface area contributed by atoms with E-state index < -0.39 is 4.92 Å². The van der Waals surface area contributed by atoms with Gasteiger partial charge in [-0.05, 0) is 25.5 Å². The standard InChI is InChI=1S/C10H13BrN2O3/c1-7-8(11)3-4-9(10(7)13(15)16)12-5-2-6-14/h3-4,12,14H,2,5-6H2,1H3. The zero-order valence-electron chi connectivity index (χ0n) is 8.86. The lowest BCUT2D eigenvalue weighted by Crippen LogP contribution is -2.06. The molecule has 0 aliphatic carbocycles. The van der Waals surface area contributed by atoms with Gasteiger partial charge in [0.05, 0.1) is 4.92 Å². The van der Waals surface area contributed by atoms with Crippen LogP contribution in [0.25, 0.3) is 0 Å². The van der Waals surface area contributed by atoms with Gasteiger partial charge >= 0.3 is 0 Å². The molecule has 16 heavy (non-hydrogen) atoms.